The van der Waals surface area contributed by atoms with Gasteiger partial charge >= 0.3 is 6.09 Å². The van der Waals surface area contributed by atoms with E-state index in [9.17, 15) is 4.79 Å². The van der Waals surface area contributed by atoms with Crippen LogP contribution in [0.2, 0.25) is 5.02 Å². The summed E-state index contributed by atoms with van der Waals surface area (Å²) in [6, 6.07) is 5.72. The summed E-state index contributed by atoms with van der Waals surface area (Å²) in [7, 11) is 1.57. The lowest BCUT2D eigenvalue weighted by molar-refractivity contribution is -0.0304. The Morgan fingerprint density at radius 3 is 2.94 bits per heavy atom. The first-order chi connectivity index (χ1) is 8.13. The van der Waals surface area contributed by atoms with Crippen molar-refractivity contribution in [1.29, 1.82) is 0 Å². The maximum atomic E-state index is 10.8. The minimum absolute atomic E-state index is 0.347. The quantitative estimate of drug-likeness (QED) is 0.883. The molecular formula is C12H14ClNO3. The predicted molar refractivity (Wildman–Crippen MR) is 64.0 cm³/mol. The van der Waals surface area contributed by atoms with Gasteiger partial charge in [0, 0.05) is 17.7 Å². The van der Waals surface area contributed by atoms with E-state index in [1.807, 2.05) is 12.1 Å². The number of hydrogen-bond acceptors (Lipinski definition) is 3. The predicted octanol–water partition coefficient (Wildman–Crippen LogP) is 2.44. The largest absolute Gasteiger partial charge is 0.443 e. The molecule has 0 saturated heterocycles. The number of ether oxygens (including phenoxy) is 2. The molecule has 2 rings (SSSR count). The van der Waals surface area contributed by atoms with Crippen LogP contribution in [0.1, 0.15) is 23.7 Å². The molecular weight excluding hydrogens is 242 g/mol. The van der Waals surface area contributed by atoms with Crippen LogP contribution in [0.4, 0.5) is 4.79 Å². The molecule has 1 amide bonds. The number of carbonyl (C=O) groups excluding carboxylic acids is 1. The van der Waals surface area contributed by atoms with E-state index in [0.717, 1.165) is 17.5 Å². The lowest BCUT2D eigenvalue weighted by Crippen LogP contribution is -2.33. The summed E-state index contributed by atoms with van der Waals surface area (Å²) in [5, 5.41) is 0.632. The van der Waals surface area contributed by atoms with Crippen LogP contribution >= 0.6 is 11.6 Å². The van der Waals surface area contributed by atoms with Gasteiger partial charge in [-0.05, 0) is 24.5 Å². The van der Waals surface area contributed by atoms with Crippen molar-refractivity contribution in [3.8, 4) is 0 Å². The number of benzene rings is 1. The molecule has 0 bridgehead atoms. The van der Waals surface area contributed by atoms with Crippen LogP contribution in [-0.4, -0.2) is 19.3 Å². The van der Waals surface area contributed by atoms with E-state index in [1.54, 1.807) is 13.2 Å². The molecule has 0 unspecified atom stereocenters. The third-order valence-electron chi connectivity index (χ3n) is 2.99. The number of hydrogen-bond donors (Lipinski definition) is 1. The van der Waals surface area contributed by atoms with E-state index in [2.05, 4.69) is 0 Å². The third kappa shape index (κ3) is 2.37. The van der Waals surface area contributed by atoms with Crippen LogP contribution in [0, 0.1) is 0 Å². The lowest BCUT2D eigenvalue weighted by atomic mass is 9.87. The Hall–Kier alpha value is -1.26. The number of fused-ring (bicyclic) bond motifs is 1. The molecule has 0 aliphatic heterocycles. The highest BCUT2D eigenvalue weighted by molar-refractivity contribution is 6.31. The summed E-state index contributed by atoms with van der Waals surface area (Å²) in [6.45, 7) is 0. The van der Waals surface area contributed by atoms with Crippen molar-refractivity contribution in [3.05, 3.63) is 34.3 Å². The minimum atomic E-state index is -0.785. The number of primary amides is 1. The zero-order valence-electron chi connectivity index (χ0n) is 9.48. The van der Waals surface area contributed by atoms with Crippen molar-refractivity contribution in [3.63, 3.8) is 0 Å². The summed E-state index contributed by atoms with van der Waals surface area (Å²) in [5.74, 6) is 0. The average Bonchev–Trinajstić information content (AvgIpc) is 2.29. The highest BCUT2D eigenvalue weighted by Gasteiger charge is 2.33. The lowest BCUT2D eigenvalue weighted by Gasteiger charge is -2.32. The molecule has 0 fully saturated rings. The van der Waals surface area contributed by atoms with Gasteiger partial charge in [-0.2, -0.15) is 0 Å². The molecule has 1 aliphatic rings. The van der Waals surface area contributed by atoms with Crippen molar-refractivity contribution < 1.29 is 14.3 Å². The second kappa shape index (κ2) is 4.94. The number of rotatable bonds is 2. The molecule has 2 N–H and O–H groups in total. The molecule has 0 radical (unpaired) electrons. The molecule has 1 aromatic carbocycles. The highest BCUT2D eigenvalue weighted by Crippen LogP contribution is 2.38. The number of methoxy groups -OCH3 is 1. The Balaban J connectivity index is 2.35. The molecule has 5 heteroatoms. The fraction of sp³-hybridized carbons (Fsp3) is 0.417. The van der Waals surface area contributed by atoms with Crippen LogP contribution in [0.3, 0.4) is 0 Å². The van der Waals surface area contributed by atoms with Crippen LogP contribution < -0.4 is 5.73 Å². The average molecular weight is 256 g/mol. The van der Waals surface area contributed by atoms with Gasteiger partial charge in [-0.3, -0.25) is 0 Å². The minimum Gasteiger partial charge on any atom is -0.443 e. The number of nitrogens with two attached hydrogens (primary N) is 1. The Morgan fingerprint density at radius 1 is 1.53 bits per heavy atom. The van der Waals surface area contributed by atoms with Crippen LogP contribution in [-0.2, 0) is 15.9 Å². The first-order valence-electron chi connectivity index (χ1n) is 5.39. The summed E-state index contributed by atoms with van der Waals surface area (Å²) in [4.78, 5) is 10.8. The fourth-order valence-corrected chi connectivity index (χ4v) is 2.59. The topological polar surface area (TPSA) is 61.6 Å². The van der Waals surface area contributed by atoms with Gasteiger partial charge in [0.05, 0.1) is 0 Å². The van der Waals surface area contributed by atoms with E-state index >= 15 is 0 Å². The monoisotopic (exact) mass is 255 g/mol. The zero-order valence-corrected chi connectivity index (χ0v) is 10.2. The van der Waals surface area contributed by atoms with Gasteiger partial charge in [-0.1, -0.05) is 23.7 Å². The summed E-state index contributed by atoms with van der Waals surface area (Å²) in [6.07, 6.45) is -0.0138. The molecule has 17 heavy (non-hydrogen) atoms. The Bertz CT molecular complexity index is 436. The summed E-state index contributed by atoms with van der Waals surface area (Å²) in [5.41, 5.74) is 7.08. The van der Waals surface area contributed by atoms with E-state index in [0.29, 0.717) is 11.4 Å². The van der Waals surface area contributed by atoms with Crippen molar-refractivity contribution in [2.45, 2.75) is 25.0 Å². The first-order valence-corrected chi connectivity index (χ1v) is 5.77. The van der Waals surface area contributed by atoms with Gasteiger partial charge < -0.3 is 15.2 Å². The highest BCUT2D eigenvalue weighted by atomic mass is 35.5. The van der Waals surface area contributed by atoms with Crippen LogP contribution in [0.5, 0.6) is 0 Å². The van der Waals surface area contributed by atoms with Crippen LogP contribution in [0.15, 0.2) is 18.2 Å². The second-order valence-electron chi connectivity index (χ2n) is 3.98. The van der Waals surface area contributed by atoms with Crippen molar-refractivity contribution in [2.75, 3.05) is 7.11 Å². The molecule has 4 nitrogen and oxygen atoms in total. The first kappa shape index (κ1) is 12.2. The van der Waals surface area contributed by atoms with E-state index in [4.69, 9.17) is 26.8 Å². The van der Waals surface area contributed by atoms with Crippen molar-refractivity contribution in [2.24, 2.45) is 5.73 Å². The van der Waals surface area contributed by atoms with Gasteiger partial charge in [-0.15, -0.1) is 0 Å². The van der Waals surface area contributed by atoms with Gasteiger partial charge in [0.15, 0.2) is 0 Å². The molecule has 1 aliphatic carbocycles. The number of amides is 1. The van der Waals surface area contributed by atoms with Gasteiger partial charge in [0.1, 0.15) is 12.2 Å². The van der Waals surface area contributed by atoms with Gasteiger partial charge in [0.25, 0.3) is 0 Å². The molecule has 92 valence electrons. The Kier molecular flexibility index (Phi) is 3.54. The SMILES string of the molecule is CO[C@H]1c2c(Cl)cccc2CC[C@H]1OC(N)=O. The standard InChI is InChI=1S/C12H14ClNO3/c1-16-11-9(17-12(14)15)6-5-7-3-2-4-8(13)10(7)11/h2-4,9,11H,5-6H2,1H3,(H2,14,15)/t9-,11-/m1/s1. The van der Waals surface area contributed by atoms with Crippen LogP contribution in [0.25, 0.3) is 0 Å². The summed E-state index contributed by atoms with van der Waals surface area (Å²) >= 11 is 6.17. The number of aryl methyl sites for hydroxylation is 1. The molecule has 0 heterocycles. The third-order valence-corrected chi connectivity index (χ3v) is 3.31. The Morgan fingerprint density at radius 2 is 2.29 bits per heavy atom. The van der Waals surface area contributed by atoms with Crippen molar-refractivity contribution >= 4 is 17.7 Å². The number of carbonyl (C=O) groups is 1. The fourth-order valence-electron chi connectivity index (χ4n) is 2.29. The van der Waals surface area contributed by atoms with Crippen molar-refractivity contribution in [1.82, 2.24) is 0 Å². The molecule has 0 saturated carbocycles. The van der Waals surface area contributed by atoms with E-state index in [1.165, 1.54) is 0 Å². The van der Waals surface area contributed by atoms with Gasteiger partial charge in [0.2, 0.25) is 0 Å². The maximum absolute atomic E-state index is 10.8. The van der Waals surface area contributed by atoms with Gasteiger partial charge in [-0.25, -0.2) is 4.79 Å². The molecule has 0 aromatic heterocycles. The Labute approximate surface area is 105 Å². The zero-order chi connectivity index (χ0) is 12.4. The molecule has 1 aromatic rings. The molecule has 0 spiro atoms. The molecule has 2 atom stereocenters. The number of halogens is 1. The smallest absolute Gasteiger partial charge is 0.404 e. The summed E-state index contributed by atoms with van der Waals surface area (Å²) < 4.78 is 10.5. The normalized spacial score (nSPS) is 22.9. The van der Waals surface area contributed by atoms with E-state index < -0.39 is 6.09 Å². The second-order valence-corrected chi connectivity index (χ2v) is 4.39. The maximum Gasteiger partial charge on any atom is 0.404 e. The van der Waals surface area contributed by atoms with E-state index in [-0.39, 0.29) is 12.2 Å².